The number of carbonyl (C=O) groups is 2. The lowest BCUT2D eigenvalue weighted by Crippen LogP contribution is -2.49. The molecule has 28 heavy (non-hydrogen) atoms. The average Bonchev–Trinajstić information content (AvgIpc) is 3.01. The van der Waals surface area contributed by atoms with E-state index < -0.39 is 5.97 Å². The van der Waals surface area contributed by atoms with Crippen molar-refractivity contribution in [1.82, 2.24) is 14.7 Å². The maximum absolute atomic E-state index is 12.5. The Balaban J connectivity index is 1.66. The van der Waals surface area contributed by atoms with Crippen molar-refractivity contribution in [2.24, 2.45) is 7.05 Å². The Labute approximate surface area is 168 Å². The van der Waals surface area contributed by atoms with Crippen molar-refractivity contribution in [3.8, 4) is 0 Å². The van der Waals surface area contributed by atoms with Gasteiger partial charge in [0.1, 0.15) is 17.4 Å². The van der Waals surface area contributed by atoms with Crippen LogP contribution < -0.4 is 4.90 Å². The number of aromatic nitrogens is 2. The number of piperidine rings is 1. The summed E-state index contributed by atoms with van der Waals surface area (Å²) in [5, 5.41) is 13.3. The van der Waals surface area contributed by atoms with E-state index in [1.54, 1.807) is 11.9 Å². The highest BCUT2D eigenvalue weighted by Crippen LogP contribution is 2.31. The smallest absolute Gasteiger partial charge is 0.410 e. The number of rotatable bonds is 5. The molecular weight excluding hydrogens is 384 g/mol. The monoisotopic (exact) mass is 406 g/mol. The Kier molecular flexibility index (Phi) is 6.08. The standard InChI is InChI=1S/C19H23ClN4O4/c1-22(17-15(20)16(18(25)26)21-23(17)2)14-9-6-10-24(11-14)19(27)28-12-13-7-4-3-5-8-13/h3-5,7-8,14H,6,9-12H2,1-2H3,(H,25,26)/t14-/m0/s1. The molecule has 0 unspecified atom stereocenters. The number of hydrogen-bond acceptors (Lipinski definition) is 5. The fourth-order valence-electron chi connectivity index (χ4n) is 3.43. The Morgan fingerprint density at radius 2 is 2.07 bits per heavy atom. The van der Waals surface area contributed by atoms with Gasteiger partial charge in [0.25, 0.3) is 0 Å². The van der Waals surface area contributed by atoms with Crippen LogP contribution in [-0.2, 0) is 18.4 Å². The number of benzene rings is 1. The van der Waals surface area contributed by atoms with Gasteiger partial charge in [-0.1, -0.05) is 41.9 Å². The molecule has 1 N–H and O–H groups in total. The summed E-state index contributed by atoms with van der Waals surface area (Å²) in [6, 6.07) is 9.51. The van der Waals surface area contributed by atoms with Gasteiger partial charge in [0.05, 0.1) is 0 Å². The first-order chi connectivity index (χ1) is 13.4. The third-order valence-corrected chi connectivity index (χ3v) is 5.25. The molecule has 0 radical (unpaired) electrons. The van der Waals surface area contributed by atoms with Crippen LogP contribution in [0, 0.1) is 0 Å². The molecule has 0 spiro atoms. The first-order valence-corrected chi connectivity index (χ1v) is 9.40. The predicted molar refractivity (Wildman–Crippen MR) is 105 cm³/mol. The Bertz CT molecular complexity index is 855. The summed E-state index contributed by atoms with van der Waals surface area (Å²) in [7, 11) is 3.48. The van der Waals surface area contributed by atoms with Gasteiger partial charge in [-0.2, -0.15) is 5.10 Å². The lowest BCUT2D eigenvalue weighted by atomic mass is 10.0. The van der Waals surface area contributed by atoms with E-state index in [-0.39, 0.29) is 29.5 Å². The van der Waals surface area contributed by atoms with Gasteiger partial charge in [0.15, 0.2) is 5.69 Å². The molecule has 150 valence electrons. The van der Waals surface area contributed by atoms with E-state index in [1.165, 1.54) is 4.68 Å². The number of hydrogen-bond donors (Lipinski definition) is 1. The summed E-state index contributed by atoms with van der Waals surface area (Å²) in [5.74, 6) is -0.654. The number of halogens is 1. The Hall–Kier alpha value is -2.74. The third kappa shape index (κ3) is 4.22. The molecule has 1 aromatic carbocycles. The van der Waals surface area contributed by atoms with E-state index >= 15 is 0 Å². The number of likely N-dealkylation sites (tertiary alicyclic amines) is 1. The van der Waals surface area contributed by atoms with Crippen LogP contribution >= 0.6 is 11.6 Å². The number of aryl methyl sites for hydroxylation is 1. The maximum Gasteiger partial charge on any atom is 0.410 e. The zero-order chi connectivity index (χ0) is 20.3. The van der Waals surface area contributed by atoms with Gasteiger partial charge < -0.3 is 19.6 Å². The second-order valence-corrected chi connectivity index (χ2v) is 7.19. The minimum Gasteiger partial charge on any atom is -0.476 e. The van der Waals surface area contributed by atoms with Gasteiger partial charge in [0, 0.05) is 33.2 Å². The maximum atomic E-state index is 12.5. The number of carbonyl (C=O) groups excluding carboxylic acids is 1. The number of anilines is 1. The van der Waals surface area contributed by atoms with E-state index in [0.29, 0.717) is 18.9 Å². The SMILES string of the molecule is CN(c1c(Cl)c(C(=O)O)nn1C)[C@H]1CCCN(C(=O)OCc2ccccc2)C1. The van der Waals surface area contributed by atoms with Crippen molar-refractivity contribution in [2.75, 3.05) is 25.0 Å². The lowest BCUT2D eigenvalue weighted by molar-refractivity contribution is 0.0689. The number of amides is 1. The van der Waals surface area contributed by atoms with Crippen molar-refractivity contribution in [1.29, 1.82) is 0 Å². The molecule has 8 nitrogen and oxygen atoms in total. The minimum absolute atomic E-state index is 0.0208. The van der Waals surface area contributed by atoms with Gasteiger partial charge in [-0.3, -0.25) is 4.68 Å². The first kappa shape index (κ1) is 20.0. The fourth-order valence-corrected chi connectivity index (χ4v) is 3.80. The van der Waals surface area contributed by atoms with Crippen molar-refractivity contribution >= 4 is 29.5 Å². The number of ether oxygens (including phenoxy) is 1. The van der Waals surface area contributed by atoms with E-state index in [0.717, 1.165) is 18.4 Å². The number of carboxylic acid groups (broad SMARTS) is 1. The minimum atomic E-state index is -1.17. The second kappa shape index (κ2) is 8.52. The molecule has 9 heteroatoms. The molecule has 1 aliphatic heterocycles. The van der Waals surface area contributed by atoms with Crippen molar-refractivity contribution in [2.45, 2.75) is 25.5 Å². The van der Waals surface area contributed by atoms with Crippen molar-refractivity contribution in [3.63, 3.8) is 0 Å². The molecule has 1 atom stereocenters. The normalized spacial score (nSPS) is 16.7. The zero-order valence-electron chi connectivity index (χ0n) is 15.8. The topological polar surface area (TPSA) is 87.9 Å². The van der Waals surface area contributed by atoms with Crippen LogP contribution in [0.25, 0.3) is 0 Å². The molecule has 2 aromatic rings. The summed E-state index contributed by atoms with van der Waals surface area (Å²) in [5.41, 5.74) is 0.755. The largest absolute Gasteiger partial charge is 0.476 e. The Morgan fingerprint density at radius 3 is 2.71 bits per heavy atom. The predicted octanol–water partition coefficient (Wildman–Crippen LogP) is 3.01. The van der Waals surface area contributed by atoms with Crippen molar-refractivity contribution in [3.05, 3.63) is 46.6 Å². The molecule has 1 aromatic heterocycles. The molecule has 1 amide bonds. The summed E-state index contributed by atoms with van der Waals surface area (Å²) < 4.78 is 6.89. The van der Waals surface area contributed by atoms with Crippen LogP contribution in [0.3, 0.4) is 0 Å². The molecule has 0 bridgehead atoms. The van der Waals surface area contributed by atoms with E-state index in [2.05, 4.69) is 5.10 Å². The summed E-state index contributed by atoms with van der Waals surface area (Å²) in [6.07, 6.45) is 1.31. The summed E-state index contributed by atoms with van der Waals surface area (Å²) >= 11 is 6.24. The fraction of sp³-hybridized carbons (Fsp3) is 0.421. The second-order valence-electron chi connectivity index (χ2n) is 6.81. The highest BCUT2D eigenvalue weighted by Gasteiger charge is 2.31. The van der Waals surface area contributed by atoms with Crippen LogP contribution in [0.15, 0.2) is 30.3 Å². The third-order valence-electron chi connectivity index (χ3n) is 4.90. The van der Waals surface area contributed by atoms with Crippen molar-refractivity contribution < 1.29 is 19.4 Å². The van der Waals surface area contributed by atoms with Gasteiger partial charge >= 0.3 is 12.1 Å². The van der Waals surface area contributed by atoms with Gasteiger partial charge in [0.2, 0.25) is 0 Å². The number of aromatic carboxylic acids is 1. The van der Waals surface area contributed by atoms with Gasteiger partial charge in [-0.15, -0.1) is 0 Å². The number of nitrogens with zero attached hydrogens (tertiary/aromatic N) is 4. The molecule has 3 rings (SSSR count). The van der Waals surface area contributed by atoms with E-state index in [9.17, 15) is 14.7 Å². The first-order valence-electron chi connectivity index (χ1n) is 9.02. The quantitative estimate of drug-likeness (QED) is 0.821. The van der Waals surface area contributed by atoms with Gasteiger partial charge in [-0.05, 0) is 18.4 Å². The molecular formula is C19H23ClN4O4. The molecule has 2 heterocycles. The summed E-state index contributed by atoms with van der Waals surface area (Å²) in [4.78, 5) is 27.3. The zero-order valence-corrected chi connectivity index (χ0v) is 16.6. The molecule has 0 saturated carbocycles. The molecule has 1 aliphatic rings. The highest BCUT2D eigenvalue weighted by molar-refractivity contribution is 6.35. The van der Waals surface area contributed by atoms with Crippen LogP contribution in [0.5, 0.6) is 0 Å². The lowest BCUT2D eigenvalue weighted by Gasteiger charge is -2.38. The highest BCUT2D eigenvalue weighted by atomic mass is 35.5. The van der Waals surface area contributed by atoms with Crippen LogP contribution in [0.1, 0.15) is 28.9 Å². The average molecular weight is 407 g/mol. The van der Waals surface area contributed by atoms with Crippen LogP contribution in [0.2, 0.25) is 5.02 Å². The van der Waals surface area contributed by atoms with Gasteiger partial charge in [-0.25, -0.2) is 9.59 Å². The number of carboxylic acids is 1. The molecule has 1 saturated heterocycles. The van der Waals surface area contributed by atoms with Crippen LogP contribution in [0.4, 0.5) is 10.6 Å². The molecule has 1 fully saturated rings. The molecule has 0 aliphatic carbocycles. The van der Waals surface area contributed by atoms with E-state index in [4.69, 9.17) is 16.3 Å². The Morgan fingerprint density at radius 1 is 1.36 bits per heavy atom. The van der Waals surface area contributed by atoms with Crippen LogP contribution in [-0.4, -0.2) is 58.0 Å². The number of likely N-dealkylation sites (N-methyl/N-ethyl adjacent to an activating group) is 1. The van der Waals surface area contributed by atoms with E-state index in [1.807, 2.05) is 42.3 Å². The summed E-state index contributed by atoms with van der Waals surface area (Å²) in [6.45, 7) is 1.32.